The van der Waals surface area contributed by atoms with Crippen LogP contribution in [0, 0.1) is 23.2 Å². The summed E-state index contributed by atoms with van der Waals surface area (Å²) in [7, 11) is 0. The number of amides is 2. The van der Waals surface area contributed by atoms with Crippen molar-refractivity contribution in [1.29, 1.82) is 0 Å². The molecule has 2 fully saturated rings. The van der Waals surface area contributed by atoms with Gasteiger partial charge >= 0.3 is 0 Å². The van der Waals surface area contributed by atoms with E-state index < -0.39 is 24.1 Å². The van der Waals surface area contributed by atoms with E-state index in [4.69, 9.17) is 0 Å². The van der Waals surface area contributed by atoms with Gasteiger partial charge in [-0.05, 0) is 59.9 Å². The average molecular weight is 470 g/mol. The Labute approximate surface area is 205 Å². The second kappa shape index (κ2) is 8.18. The topological polar surface area (TPSA) is 72.9 Å². The average Bonchev–Trinajstić information content (AvgIpc) is 3.14. The van der Waals surface area contributed by atoms with Gasteiger partial charge in [0, 0.05) is 5.69 Å². The fraction of sp³-hybridized carbons (Fsp3) is 0.379. The number of hydrogen-bond acceptors (Lipinski definition) is 5. The number of hydrazine groups is 1. The summed E-state index contributed by atoms with van der Waals surface area (Å²) < 4.78 is 0. The number of allylic oxidation sites excluding steroid dienone is 1. The van der Waals surface area contributed by atoms with Crippen LogP contribution in [0.3, 0.4) is 0 Å². The van der Waals surface area contributed by atoms with Crippen LogP contribution >= 0.6 is 0 Å². The van der Waals surface area contributed by atoms with Crippen molar-refractivity contribution in [1.82, 2.24) is 5.01 Å². The molecular formula is C29H31N3O3. The van der Waals surface area contributed by atoms with Gasteiger partial charge < -0.3 is 10.5 Å². The highest BCUT2D eigenvalue weighted by Crippen LogP contribution is 2.58. The third-order valence-corrected chi connectivity index (χ3v) is 8.65. The first-order chi connectivity index (χ1) is 16.9. The van der Waals surface area contributed by atoms with Gasteiger partial charge in [0.1, 0.15) is 6.04 Å². The summed E-state index contributed by atoms with van der Waals surface area (Å²) in [5.74, 6) is -0.0887. The third kappa shape index (κ3) is 3.46. The Hall–Kier alpha value is -3.22. The van der Waals surface area contributed by atoms with Crippen LogP contribution in [0.4, 0.5) is 11.4 Å². The number of aliphatic hydroxyl groups is 1. The van der Waals surface area contributed by atoms with E-state index >= 15 is 0 Å². The van der Waals surface area contributed by atoms with Crippen LogP contribution in [0.25, 0.3) is 0 Å². The second-order valence-corrected chi connectivity index (χ2v) is 10.8. The number of rotatable bonds is 5. The number of nitrogens with zero attached hydrogens (tertiary/aromatic N) is 2. The second-order valence-electron chi connectivity index (χ2n) is 10.8. The summed E-state index contributed by atoms with van der Waals surface area (Å²) in [6, 6.07) is 17.4. The molecule has 180 valence electrons. The van der Waals surface area contributed by atoms with Gasteiger partial charge in [-0.2, -0.15) is 0 Å². The first-order valence-corrected chi connectivity index (χ1v) is 12.5. The monoisotopic (exact) mass is 469 g/mol. The zero-order valence-electron chi connectivity index (χ0n) is 20.0. The molecule has 4 unspecified atom stereocenters. The van der Waals surface area contributed by atoms with Gasteiger partial charge in [0.2, 0.25) is 5.91 Å². The number of hydrogen-bond donors (Lipinski definition) is 2. The van der Waals surface area contributed by atoms with Crippen LogP contribution in [-0.2, 0) is 9.59 Å². The molecule has 2 heterocycles. The van der Waals surface area contributed by atoms with E-state index in [-0.39, 0.29) is 17.2 Å². The number of anilines is 2. The van der Waals surface area contributed by atoms with Crippen LogP contribution in [0.15, 0.2) is 84.5 Å². The number of benzene rings is 2. The summed E-state index contributed by atoms with van der Waals surface area (Å²) in [4.78, 5) is 28.4. The number of carbonyl (C=O) groups is 2. The highest BCUT2D eigenvalue weighted by atomic mass is 16.3. The molecule has 1 saturated heterocycles. The van der Waals surface area contributed by atoms with Crippen LogP contribution in [0.1, 0.15) is 26.7 Å². The van der Waals surface area contributed by atoms with Gasteiger partial charge in [-0.15, -0.1) is 0 Å². The van der Waals surface area contributed by atoms with E-state index in [1.54, 1.807) is 17.1 Å². The Kier molecular flexibility index (Phi) is 5.20. The Bertz CT molecular complexity index is 1210. The molecule has 1 saturated carbocycles. The minimum atomic E-state index is -0.765. The van der Waals surface area contributed by atoms with Crippen LogP contribution in [0.2, 0.25) is 0 Å². The number of imide groups is 1. The van der Waals surface area contributed by atoms with E-state index in [2.05, 4.69) is 25.3 Å². The number of carbonyl (C=O) groups excluding carboxylic acids is 2. The molecule has 2 aromatic rings. The molecule has 0 spiro atoms. The van der Waals surface area contributed by atoms with E-state index in [0.717, 1.165) is 17.7 Å². The molecule has 5 aliphatic rings. The molecule has 7 rings (SSSR count). The van der Waals surface area contributed by atoms with Crippen molar-refractivity contribution in [3.63, 3.8) is 0 Å². The molecule has 2 aromatic carbocycles. The largest absolute Gasteiger partial charge is 0.387 e. The number of aliphatic hydroxyl groups excluding tert-OH is 1. The zero-order chi connectivity index (χ0) is 24.3. The molecule has 3 aliphatic carbocycles. The maximum absolute atomic E-state index is 13.7. The lowest BCUT2D eigenvalue weighted by atomic mass is 9.49. The summed E-state index contributed by atoms with van der Waals surface area (Å²) in [6.45, 7) is 4.61. The molecule has 6 atom stereocenters. The van der Waals surface area contributed by atoms with Gasteiger partial charge in [-0.25, -0.2) is 9.91 Å². The highest BCUT2D eigenvalue weighted by Gasteiger charge is 2.55. The standard InChI is InChI=1S/C29H31N3O3/c1-29(2)19-15-18(16-20(29)17-19)26(33)24-14-13-23-25(32(24)30-21-9-5-3-6-10-21)28(35)31(27(23)34)22-11-7-4-8-12-22/h3-15,19-20,23-26,30,33H,16-17H2,1-2H3/t19-,20-,23?,24?,25?,26?/m1/s1. The first kappa shape index (κ1) is 22.3. The predicted octanol–water partition coefficient (Wildman–Crippen LogP) is 4.17. The van der Waals surface area contributed by atoms with E-state index in [9.17, 15) is 14.7 Å². The maximum atomic E-state index is 13.7. The van der Waals surface area contributed by atoms with Crippen molar-refractivity contribution in [2.45, 2.75) is 44.9 Å². The van der Waals surface area contributed by atoms with Crippen LogP contribution < -0.4 is 10.3 Å². The van der Waals surface area contributed by atoms with Crippen molar-refractivity contribution in [3.05, 3.63) is 84.5 Å². The molecule has 2 amide bonds. The van der Waals surface area contributed by atoms with Crippen LogP contribution in [0.5, 0.6) is 0 Å². The summed E-state index contributed by atoms with van der Waals surface area (Å²) in [5.41, 5.74) is 6.07. The summed E-state index contributed by atoms with van der Waals surface area (Å²) in [5, 5.41) is 13.4. The zero-order valence-corrected chi connectivity index (χ0v) is 20.0. The van der Waals surface area contributed by atoms with Gasteiger partial charge in [-0.1, -0.05) is 68.5 Å². The van der Waals surface area contributed by atoms with Gasteiger partial charge in [0.25, 0.3) is 5.91 Å². The SMILES string of the molecule is CC1(C)[C@@H]2CC(C(O)C3C=CC4C(=O)N(c5ccccc5)C(=O)C4N3Nc3ccccc3)=C[C@@H]1C2. The lowest BCUT2D eigenvalue weighted by Gasteiger charge is -2.56. The normalized spacial score (nSPS) is 32.0. The van der Waals surface area contributed by atoms with Crippen molar-refractivity contribution in [3.8, 4) is 0 Å². The Morgan fingerprint density at radius 2 is 1.66 bits per heavy atom. The van der Waals surface area contributed by atoms with Gasteiger partial charge in [0.15, 0.2) is 0 Å². The molecule has 2 bridgehead atoms. The number of nitrogens with one attached hydrogen (secondary N) is 1. The first-order valence-electron chi connectivity index (χ1n) is 12.5. The minimum Gasteiger partial charge on any atom is -0.387 e. The van der Waals surface area contributed by atoms with Crippen molar-refractivity contribution in [2.24, 2.45) is 23.2 Å². The van der Waals surface area contributed by atoms with E-state index in [1.807, 2.05) is 60.7 Å². The van der Waals surface area contributed by atoms with E-state index in [1.165, 1.54) is 11.3 Å². The number of para-hydroxylation sites is 2. The van der Waals surface area contributed by atoms with Crippen molar-refractivity contribution < 1.29 is 14.7 Å². The minimum absolute atomic E-state index is 0.241. The van der Waals surface area contributed by atoms with E-state index in [0.29, 0.717) is 17.5 Å². The highest BCUT2D eigenvalue weighted by molar-refractivity contribution is 6.24. The molecular weight excluding hydrogens is 438 g/mol. The quantitative estimate of drug-likeness (QED) is 0.508. The van der Waals surface area contributed by atoms with Gasteiger partial charge in [0.05, 0.1) is 23.8 Å². The maximum Gasteiger partial charge on any atom is 0.254 e. The van der Waals surface area contributed by atoms with Crippen molar-refractivity contribution in [2.75, 3.05) is 10.3 Å². The lowest BCUT2D eigenvalue weighted by Crippen LogP contribution is -2.58. The summed E-state index contributed by atoms with van der Waals surface area (Å²) in [6.07, 6.45) is 7.25. The Morgan fingerprint density at radius 3 is 2.29 bits per heavy atom. The van der Waals surface area contributed by atoms with Gasteiger partial charge in [-0.3, -0.25) is 9.59 Å². The molecule has 0 radical (unpaired) electrons. The molecule has 35 heavy (non-hydrogen) atoms. The molecule has 6 nitrogen and oxygen atoms in total. The smallest absolute Gasteiger partial charge is 0.254 e. The summed E-state index contributed by atoms with van der Waals surface area (Å²) >= 11 is 0. The molecule has 6 heteroatoms. The van der Waals surface area contributed by atoms with Crippen LogP contribution in [-0.4, -0.2) is 40.1 Å². The Morgan fingerprint density at radius 1 is 0.971 bits per heavy atom. The fourth-order valence-corrected chi connectivity index (χ4v) is 6.30. The van der Waals surface area contributed by atoms with Crippen molar-refractivity contribution >= 4 is 23.2 Å². The number of fused-ring (bicyclic) bond motifs is 2. The lowest BCUT2D eigenvalue weighted by molar-refractivity contribution is -0.123. The molecule has 0 aromatic heterocycles. The molecule has 2 aliphatic heterocycles. The third-order valence-electron chi connectivity index (χ3n) is 8.65. The molecule has 2 N–H and O–H groups in total. The Balaban J connectivity index is 1.36. The fourth-order valence-electron chi connectivity index (χ4n) is 6.30. The predicted molar refractivity (Wildman–Crippen MR) is 135 cm³/mol.